The second-order valence-corrected chi connectivity index (χ2v) is 11.1. The summed E-state index contributed by atoms with van der Waals surface area (Å²) in [6.07, 6.45) is -27.9. The van der Waals surface area contributed by atoms with Crippen LogP contribution in [-0.2, 0) is 28.4 Å². The van der Waals surface area contributed by atoms with Crippen LogP contribution >= 0.6 is 0 Å². The Bertz CT molecular complexity index is 915. The lowest BCUT2D eigenvalue weighted by Gasteiger charge is -2.43. The molecule has 4 unspecified atom stereocenters. The molecule has 4 fully saturated rings. The minimum absolute atomic E-state index is 0.468. The lowest BCUT2D eigenvalue weighted by atomic mass is 9.98. The van der Waals surface area contributed by atoms with Gasteiger partial charge in [0.15, 0.2) is 18.9 Å². The van der Waals surface area contributed by atoms with Gasteiger partial charge in [-0.2, -0.15) is 0 Å². The number of aliphatic hydroxyl groups is 16. The second-order valence-electron chi connectivity index (χ2n) is 11.1. The minimum atomic E-state index is -2.22. The molecule has 46 heavy (non-hydrogen) atoms. The van der Waals surface area contributed by atoms with Crippen molar-refractivity contribution in [3.05, 3.63) is 0 Å². The highest BCUT2D eigenvalue weighted by molar-refractivity contribution is 4.98. The topological polar surface area (TPSA) is 379 Å². The van der Waals surface area contributed by atoms with Crippen LogP contribution < -0.4 is 0 Å². The van der Waals surface area contributed by atoms with Gasteiger partial charge in [-0.25, -0.2) is 0 Å². The van der Waals surface area contributed by atoms with Crippen LogP contribution in [0.5, 0.6) is 0 Å². The summed E-state index contributed by atoms with van der Waals surface area (Å²) in [6, 6.07) is 0. The Labute approximate surface area is 260 Å². The lowest BCUT2D eigenvalue weighted by molar-refractivity contribution is -0.383. The molecule has 0 bridgehead atoms. The zero-order valence-electron chi connectivity index (χ0n) is 24.0. The van der Waals surface area contributed by atoms with E-state index in [0.29, 0.717) is 0 Å². The fourth-order valence-electron chi connectivity index (χ4n) is 5.09. The highest BCUT2D eigenvalue weighted by atomic mass is 16.8. The van der Waals surface area contributed by atoms with E-state index in [9.17, 15) is 66.4 Å². The van der Waals surface area contributed by atoms with E-state index in [4.69, 9.17) is 43.7 Å². The van der Waals surface area contributed by atoms with Gasteiger partial charge in [0.25, 0.3) is 0 Å². The van der Waals surface area contributed by atoms with Crippen LogP contribution in [0.1, 0.15) is 0 Å². The van der Waals surface area contributed by atoms with E-state index < -0.39 is 149 Å². The molecule has 0 saturated carbocycles. The Morgan fingerprint density at radius 3 is 1.39 bits per heavy atom. The van der Waals surface area contributed by atoms with E-state index in [1.54, 1.807) is 0 Å². The van der Waals surface area contributed by atoms with E-state index in [1.807, 2.05) is 0 Å². The Hall–Kier alpha value is -0.880. The van der Waals surface area contributed by atoms with E-state index in [0.717, 1.165) is 0 Å². The summed E-state index contributed by atoms with van der Waals surface area (Å²) >= 11 is 0. The first-order valence-corrected chi connectivity index (χ1v) is 14.1. The molecule has 0 radical (unpaired) electrons. The molecule has 0 aromatic heterocycles. The highest BCUT2D eigenvalue weighted by Crippen LogP contribution is 2.36. The maximum Gasteiger partial charge on any atom is 0.224 e. The van der Waals surface area contributed by atoms with Crippen LogP contribution in [0.2, 0.25) is 0 Å². The van der Waals surface area contributed by atoms with Crippen molar-refractivity contribution < 1.29 is 110 Å². The molecule has 0 aromatic carbocycles. The van der Waals surface area contributed by atoms with Gasteiger partial charge >= 0.3 is 0 Å². The van der Waals surface area contributed by atoms with Gasteiger partial charge in [-0.05, 0) is 0 Å². The summed E-state index contributed by atoms with van der Waals surface area (Å²) in [5, 5.41) is 153. The third-order valence-electron chi connectivity index (χ3n) is 8.03. The van der Waals surface area contributed by atoms with Crippen molar-refractivity contribution in [2.75, 3.05) is 33.0 Å². The van der Waals surface area contributed by atoms with Crippen LogP contribution in [-0.4, -0.2) is 231 Å². The first-order valence-electron chi connectivity index (χ1n) is 14.1. The summed E-state index contributed by atoms with van der Waals surface area (Å²) in [4.78, 5) is 0. The molecule has 0 amide bonds. The van der Waals surface area contributed by atoms with Crippen LogP contribution in [0.25, 0.3) is 0 Å². The SMILES string of the molecule is OCC1O[C@H](OC[C@H]2O[C@@H](O)[C@H](O)[C@@H](O)[C@@H]2O)C(O)[C@@H](O)C1O.OC[C@H]1OC(CO)(O[C@H]2O[C@H](CO)[C@@H](O)[C@H](O)[C@H]2O)[C@@H](O)[C@@H]1O. The molecule has 4 rings (SSSR count). The highest BCUT2D eigenvalue weighted by Gasteiger charge is 2.58. The zero-order valence-corrected chi connectivity index (χ0v) is 24.0. The molecule has 16 N–H and O–H groups in total. The standard InChI is InChI=1S/2C12H22O11/c13-1-4-6(16)8(18)9(19)11(21-4)23-12(3-15)10(20)7(17)5(2-14)22-12;13-1-3-5(14)8(17)10(19)12(23-3)21-2-4-6(15)7(16)9(18)11(20)22-4/h4-11,13-20H,1-3H2;3-20H,1-2H2/t4-,5-,6-,7-,8+,9-,10+,11-,12?;3?,4-,5?,6-,7+,8+,9-,10?,11-,12+/m11/s1. The Kier molecular flexibility index (Phi) is 14.3. The van der Waals surface area contributed by atoms with Crippen molar-refractivity contribution in [2.45, 2.75) is 116 Å². The number of ether oxygens (including phenoxy) is 6. The zero-order chi connectivity index (χ0) is 34.7. The molecular weight excluding hydrogens is 640 g/mol. The molecule has 4 saturated heterocycles. The van der Waals surface area contributed by atoms with Crippen molar-refractivity contribution in [1.29, 1.82) is 0 Å². The van der Waals surface area contributed by atoms with Gasteiger partial charge in [-0.3, -0.25) is 0 Å². The maximum atomic E-state index is 10.00. The molecule has 0 spiro atoms. The Morgan fingerprint density at radius 1 is 0.457 bits per heavy atom. The molecule has 22 heteroatoms. The van der Waals surface area contributed by atoms with Crippen molar-refractivity contribution in [2.24, 2.45) is 0 Å². The second kappa shape index (κ2) is 16.7. The normalized spacial score (nSPS) is 51.4. The first kappa shape index (κ1) is 39.6. The third-order valence-corrected chi connectivity index (χ3v) is 8.03. The van der Waals surface area contributed by atoms with Gasteiger partial charge < -0.3 is 110 Å². The number of rotatable bonds is 9. The van der Waals surface area contributed by atoms with E-state index in [2.05, 4.69) is 0 Å². The maximum absolute atomic E-state index is 10.00. The van der Waals surface area contributed by atoms with Gasteiger partial charge in [0.1, 0.15) is 98.2 Å². The van der Waals surface area contributed by atoms with Gasteiger partial charge in [-0.1, -0.05) is 0 Å². The van der Waals surface area contributed by atoms with Crippen LogP contribution in [0.3, 0.4) is 0 Å². The van der Waals surface area contributed by atoms with Gasteiger partial charge in [-0.15, -0.1) is 0 Å². The quantitative estimate of drug-likeness (QED) is 0.107. The summed E-state index contributed by atoms with van der Waals surface area (Å²) in [6.45, 7) is -3.42. The van der Waals surface area contributed by atoms with Gasteiger partial charge in [0.05, 0.1) is 26.4 Å². The van der Waals surface area contributed by atoms with Crippen LogP contribution in [0, 0.1) is 0 Å². The fraction of sp³-hybridized carbons (Fsp3) is 1.00. The van der Waals surface area contributed by atoms with E-state index >= 15 is 0 Å². The lowest BCUT2D eigenvalue weighted by Crippen LogP contribution is -2.62. The monoisotopic (exact) mass is 684 g/mol. The van der Waals surface area contributed by atoms with Crippen molar-refractivity contribution in [1.82, 2.24) is 0 Å². The largest absolute Gasteiger partial charge is 0.394 e. The molecule has 19 atom stereocenters. The average Bonchev–Trinajstić information content (AvgIpc) is 3.29. The molecule has 4 aliphatic heterocycles. The predicted molar refractivity (Wildman–Crippen MR) is 137 cm³/mol. The molecule has 4 heterocycles. The summed E-state index contributed by atoms with van der Waals surface area (Å²) in [7, 11) is 0. The molecule has 0 aromatic rings. The van der Waals surface area contributed by atoms with Crippen molar-refractivity contribution in [3.8, 4) is 0 Å². The van der Waals surface area contributed by atoms with Crippen molar-refractivity contribution >= 4 is 0 Å². The number of hydrogen-bond donors (Lipinski definition) is 16. The molecular formula is C24H44O22. The summed E-state index contributed by atoms with van der Waals surface area (Å²) < 4.78 is 30.6. The fourth-order valence-corrected chi connectivity index (χ4v) is 5.09. The first-order chi connectivity index (χ1) is 21.6. The molecule has 22 nitrogen and oxygen atoms in total. The minimum Gasteiger partial charge on any atom is -0.394 e. The van der Waals surface area contributed by atoms with Gasteiger partial charge in [0.2, 0.25) is 5.79 Å². The number of aliphatic hydroxyl groups excluding tert-OH is 16. The summed E-state index contributed by atoms with van der Waals surface area (Å²) in [5.41, 5.74) is 0. The Morgan fingerprint density at radius 2 is 0.913 bits per heavy atom. The molecule has 0 aliphatic carbocycles. The molecule has 4 aliphatic rings. The summed E-state index contributed by atoms with van der Waals surface area (Å²) in [5.74, 6) is -2.22. The van der Waals surface area contributed by atoms with E-state index in [1.165, 1.54) is 0 Å². The smallest absolute Gasteiger partial charge is 0.224 e. The average molecular weight is 685 g/mol. The van der Waals surface area contributed by atoms with Crippen molar-refractivity contribution in [3.63, 3.8) is 0 Å². The third kappa shape index (κ3) is 8.11. The Balaban J connectivity index is 0.000000250. The van der Waals surface area contributed by atoms with E-state index in [-0.39, 0.29) is 0 Å². The molecule has 272 valence electrons. The van der Waals surface area contributed by atoms with Crippen LogP contribution in [0.15, 0.2) is 0 Å². The van der Waals surface area contributed by atoms with Gasteiger partial charge in [0, 0.05) is 0 Å². The van der Waals surface area contributed by atoms with Crippen LogP contribution in [0.4, 0.5) is 0 Å². The predicted octanol–water partition coefficient (Wildman–Crippen LogP) is -10.8. The number of hydrogen-bond acceptors (Lipinski definition) is 22.